The zero-order valence-corrected chi connectivity index (χ0v) is 13.7. The van der Waals surface area contributed by atoms with Gasteiger partial charge in [-0.2, -0.15) is 17.5 Å². The first-order valence-corrected chi connectivity index (χ1v) is 9.04. The summed E-state index contributed by atoms with van der Waals surface area (Å²) in [5.74, 6) is 0. The molecule has 9 heteroatoms. The number of sulfonamides is 1. The molecule has 2 saturated heterocycles. The van der Waals surface area contributed by atoms with Crippen molar-refractivity contribution in [1.29, 1.82) is 0 Å². The lowest BCUT2D eigenvalue weighted by Gasteiger charge is -2.23. The highest BCUT2D eigenvalue weighted by Gasteiger charge is 2.45. The van der Waals surface area contributed by atoms with Crippen molar-refractivity contribution in [3.63, 3.8) is 0 Å². The van der Waals surface area contributed by atoms with Crippen LogP contribution in [0.3, 0.4) is 0 Å². The van der Waals surface area contributed by atoms with Crippen LogP contribution in [0, 0.1) is 5.41 Å². The molecule has 2 heterocycles. The van der Waals surface area contributed by atoms with Crippen LogP contribution < -0.4 is 5.32 Å². The Kier molecular flexibility index (Phi) is 4.15. The molecule has 128 valence electrons. The second kappa shape index (κ2) is 5.61. The van der Waals surface area contributed by atoms with Gasteiger partial charge in [0.25, 0.3) is 0 Å². The number of rotatable bonds is 2. The van der Waals surface area contributed by atoms with E-state index in [1.165, 1.54) is 4.31 Å². The van der Waals surface area contributed by atoms with Crippen LogP contribution >= 0.6 is 11.6 Å². The molecule has 1 unspecified atom stereocenters. The van der Waals surface area contributed by atoms with Crippen molar-refractivity contribution in [2.45, 2.75) is 23.9 Å². The van der Waals surface area contributed by atoms with Crippen LogP contribution in [0.1, 0.15) is 18.4 Å². The van der Waals surface area contributed by atoms with Gasteiger partial charge in [0, 0.05) is 19.6 Å². The molecule has 0 aliphatic carbocycles. The van der Waals surface area contributed by atoms with E-state index in [0.717, 1.165) is 31.6 Å². The highest BCUT2D eigenvalue weighted by Crippen LogP contribution is 2.40. The number of alkyl halides is 3. The minimum Gasteiger partial charge on any atom is -0.316 e. The van der Waals surface area contributed by atoms with Crippen LogP contribution in [0.2, 0.25) is 5.02 Å². The van der Waals surface area contributed by atoms with Crippen molar-refractivity contribution in [2.75, 3.05) is 26.2 Å². The molecule has 2 aliphatic heterocycles. The number of hydrogen-bond donors (Lipinski definition) is 1. The second-order valence-corrected chi connectivity index (χ2v) is 8.47. The lowest BCUT2D eigenvalue weighted by atomic mass is 9.87. The third kappa shape index (κ3) is 3.09. The Hall–Kier alpha value is -0.830. The van der Waals surface area contributed by atoms with E-state index in [0.29, 0.717) is 25.6 Å². The van der Waals surface area contributed by atoms with Gasteiger partial charge in [-0.25, -0.2) is 8.42 Å². The van der Waals surface area contributed by atoms with Gasteiger partial charge in [-0.15, -0.1) is 0 Å². The van der Waals surface area contributed by atoms with Gasteiger partial charge in [-0.1, -0.05) is 11.6 Å². The van der Waals surface area contributed by atoms with Crippen LogP contribution in [-0.4, -0.2) is 38.9 Å². The van der Waals surface area contributed by atoms with Crippen LogP contribution in [0.25, 0.3) is 0 Å². The first-order valence-electron chi connectivity index (χ1n) is 7.22. The number of nitrogens with zero attached hydrogens (tertiary/aromatic N) is 1. The summed E-state index contributed by atoms with van der Waals surface area (Å²) in [6.07, 6.45) is -3.04. The first-order chi connectivity index (χ1) is 10.6. The normalized spacial score (nSPS) is 26.3. The molecule has 1 aromatic carbocycles. The molecule has 0 aromatic heterocycles. The zero-order valence-electron chi connectivity index (χ0n) is 12.2. The van der Waals surface area contributed by atoms with Gasteiger partial charge in [-0.3, -0.25) is 0 Å². The largest absolute Gasteiger partial charge is 0.416 e. The Morgan fingerprint density at radius 1 is 1.26 bits per heavy atom. The highest BCUT2D eigenvalue weighted by molar-refractivity contribution is 7.89. The van der Waals surface area contributed by atoms with Crippen molar-refractivity contribution in [3.05, 3.63) is 28.8 Å². The minimum absolute atomic E-state index is 0.110. The average Bonchev–Trinajstić information content (AvgIpc) is 3.09. The van der Waals surface area contributed by atoms with E-state index in [2.05, 4.69) is 5.32 Å². The Morgan fingerprint density at radius 2 is 2.00 bits per heavy atom. The third-order valence-electron chi connectivity index (χ3n) is 4.61. The molecule has 2 aliphatic rings. The molecule has 1 atom stereocenters. The second-order valence-electron chi connectivity index (χ2n) is 6.16. The molecule has 1 aromatic rings. The highest BCUT2D eigenvalue weighted by atomic mass is 35.5. The molecule has 4 nitrogen and oxygen atoms in total. The molecule has 0 amide bonds. The Morgan fingerprint density at radius 3 is 2.61 bits per heavy atom. The third-order valence-corrected chi connectivity index (χ3v) is 6.94. The van der Waals surface area contributed by atoms with E-state index in [9.17, 15) is 21.6 Å². The van der Waals surface area contributed by atoms with E-state index in [1.807, 2.05) is 0 Å². The van der Waals surface area contributed by atoms with Crippen LogP contribution in [0.5, 0.6) is 0 Å². The van der Waals surface area contributed by atoms with Gasteiger partial charge in [0.05, 0.1) is 10.6 Å². The summed E-state index contributed by atoms with van der Waals surface area (Å²) in [7, 11) is -4.04. The predicted molar refractivity (Wildman–Crippen MR) is 79.7 cm³/mol. The molecule has 2 fully saturated rings. The molecular weight excluding hydrogens is 353 g/mol. The summed E-state index contributed by atoms with van der Waals surface area (Å²) < 4.78 is 65.2. The van der Waals surface area contributed by atoms with Gasteiger partial charge in [0.1, 0.15) is 4.90 Å². The topological polar surface area (TPSA) is 49.4 Å². The molecule has 0 saturated carbocycles. The summed E-state index contributed by atoms with van der Waals surface area (Å²) >= 11 is 5.87. The molecule has 1 spiro atoms. The molecule has 3 rings (SSSR count). The quantitative estimate of drug-likeness (QED) is 0.873. The Bertz CT molecular complexity index is 715. The molecular formula is C14H16ClF3N2O2S. The first kappa shape index (κ1) is 17.0. The Balaban J connectivity index is 1.94. The molecule has 23 heavy (non-hydrogen) atoms. The number of benzene rings is 1. The van der Waals surface area contributed by atoms with Crippen molar-refractivity contribution in [1.82, 2.24) is 9.62 Å². The maximum atomic E-state index is 12.8. The van der Waals surface area contributed by atoms with E-state index in [4.69, 9.17) is 11.6 Å². The van der Waals surface area contributed by atoms with Gasteiger partial charge in [0.15, 0.2) is 0 Å². The van der Waals surface area contributed by atoms with Crippen LogP contribution in [0.15, 0.2) is 23.1 Å². The predicted octanol–water partition coefficient (Wildman–Crippen LogP) is 2.73. The van der Waals surface area contributed by atoms with Gasteiger partial charge < -0.3 is 5.32 Å². The van der Waals surface area contributed by atoms with Gasteiger partial charge in [-0.05, 0) is 43.0 Å². The lowest BCUT2D eigenvalue weighted by molar-refractivity contribution is -0.137. The number of nitrogens with one attached hydrogen (secondary N) is 1. The summed E-state index contributed by atoms with van der Waals surface area (Å²) in [6, 6.07) is 2.39. The maximum absolute atomic E-state index is 12.8. The van der Waals surface area contributed by atoms with Crippen molar-refractivity contribution in [2.24, 2.45) is 5.41 Å². The van der Waals surface area contributed by atoms with Gasteiger partial charge >= 0.3 is 6.18 Å². The van der Waals surface area contributed by atoms with E-state index in [1.54, 1.807) is 0 Å². The van der Waals surface area contributed by atoms with Crippen molar-refractivity contribution in [3.8, 4) is 0 Å². The lowest BCUT2D eigenvalue weighted by Crippen LogP contribution is -2.33. The van der Waals surface area contributed by atoms with E-state index >= 15 is 0 Å². The number of hydrogen-bond acceptors (Lipinski definition) is 3. The standard InChI is InChI=1S/C14H16ClF3N2O2S/c15-11-2-1-10(14(16,17)18)7-12(11)23(21,22)20-6-4-13(9-20)3-5-19-8-13/h1-2,7,19H,3-6,8-9H2. The molecule has 0 bridgehead atoms. The van der Waals surface area contributed by atoms with Gasteiger partial charge in [0.2, 0.25) is 10.0 Å². The smallest absolute Gasteiger partial charge is 0.316 e. The average molecular weight is 369 g/mol. The monoisotopic (exact) mass is 368 g/mol. The molecule has 0 radical (unpaired) electrons. The van der Waals surface area contributed by atoms with E-state index in [-0.39, 0.29) is 10.4 Å². The summed E-state index contributed by atoms with van der Waals surface area (Å²) in [5, 5.41) is 3.02. The van der Waals surface area contributed by atoms with Crippen LogP contribution in [0.4, 0.5) is 13.2 Å². The van der Waals surface area contributed by atoms with Crippen molar-refractivity contribution >= 4 is 21.6 Å². The SMILES string of the molecule is O=S(=O)(c1cc(C(F)(F)F)ccc1Cl)N1CCC2(CCNC2)C1. The maximum Gasteiger partial charge on any atom is 0.416 e. The Labute approximate surface area is 137 Å². The fraction of sp³-hybridized carbons (Fsp3) is 0.571. The molecule has 1 N–H and O–H groups in total. The zero-order chi connectivity index (χ0) is 16.9. The number of halogens is 4. The summed E-state index contributed by atoms with van der Waals surface area (Å²) in [5.41, 5.74) is -1.13. The van der Waals surface area contributed by atoms with Crippen LogP contribution in [-0.2, 0) is 16.2 Å². The minimum atomic E-state index is -4.61. The summed E-state index contributed by atoms with van der Waals surface area (Å²) in [6.45, 7) is 2.18. The fourth-order valence-corrected chi connectivity index (χ4v) is 5.31. The fourth-order valence-electron chi connectivity index (χ4n) is 3.26. The van der Waals surface area contributed by atoms with Crippen molar-refractivity contribution < 1.29 is 21.6 Å². The summed E-state index contributed by atoms with van der Waals surface area (Å²) in [4.78, 5) is -0.475. The van der Waals surface area contributed by atoms with E-state index < -0.39 is 26.7 Å².